The molecule has 0 fully saturated rings. The van der Waals surface area contributed by atoms with Crippen LogP contribution in [0.2, 0.25) is 0 Å². The van der Waals surface area contributed by atoms with E-state index in [9.17, 15) is 4.79 Å². The van der Waals surface area contributed by atoms with E-state index in [2.05, 4.69) is 6.92 Å². The predicted molar refractivity (Wildman–Crippen MR) is 94.5 cm³/mol. The van der Waals surface area contributed by atoms with Crippen LogP contribution in [0.15, 0.2) is 30.3 Å². The van der Waals surface area contributed by atoms with E-state index in [0.29, 0.717) is 18.1 Å². The van der Waals surface area contributed by atoms with Gasteiger partial charge in [0.25, 0.3) is 0 Å². The third-order valence-corrected chi connectivity index (χ3v) is 3.71. The van der Waals surface area contributed by atoms with Crippen molar-refractivity contribution in [2.24, 2.45) is 11.7 Å². The van der Waals surface area contributed by atoms with Gasteiger partial charge in [0.2, 0.25) is 0 Å². The van der Waals surface area contributed by atoms with Gasteiger partial charge in [-0.3, -0.25) is 4.79 Å². The SMILES string of the molecule is CC(CN)CCCCCCCCC(=O)Oc1ccccc1.Cl. The van der Waals surface area contributed by atoms with Gasteiger partial charge in [0.05, 0.1) is 0 Å². The summed E-state index contributed by atoms with van der Waals surface area (Å²) in [5.41, 5.74) is 5.59. The molecule has 0 amide bonds. The Kier molecular flexibility index (Phi) is 12.9. The summed E-state index contributed by atoms with van der Waals surface area (Å²) in [6.07, 6.45) is 8.79. The minimum absolute atomic E-state index is 0. The van der Waals surface area contributed by atoms with Crippen molar-refractivity contribution < 1.29 is 9.53 Å². The number of nitrogens with two attached hydrogens (primary N) is 1. The maximum atomic E-state index is 11.6. The molecule has 126 valence electrons. The highest BCUT2D eigenvalue weighted by atomic mass is 35.5. The lowest BCUT2D eigenvalue weighted by atomic mass is 10.0. The molecule has 4 heteroatoms. The zero-order valence-electron chi connectivity index (χ0n) is 13.6. The van der Waals surface area contributed by atoms with Gasteiger partial charge in [-0.2, -0.15) is 0 Å². The fourth-order valence-corrected chi connectivity index (χ4v) is 2.26. The van der Waals surface area contributed by atoms with Crippen LogP contribution in [0.25, 0.3) is 0 Å². The summed E-state index contributed by atoms with van der Waals surface area (Å²) in [5, 5.41) is 0. The van der Waals surface area contributed by atoms with E-state index < -0.39 is 0 Å². The van der Waals surface area contributed by atoms with Crippen molar-refractivity contribution in [1.82, 2.24) is 0 Å². The highest BCUT2D eigenvalue weighted by Gasteiger charge is 2.04. The molecule has 0 radical (unpaired) electrons. The number of para-hydroxylation sites is 1. The molecule has 0 aromatic heterocycles. The Balaban J connectivity index is 0.00000441. The minimum atomic E-state index is -0.127. The van der Waals surface area contributed by atoms with E-state index >= 15 is 0 Å². The summed E-state index contributed by atoms with van der Waals surface area (Å²) >= 11 is 0. The van der Waals surface area contributed by atoms with Gasteiger partial charge >= 0.3 is 5.97 Å². The van der Waals surface area contributed by atoms with Gasteiger partial charge < -0.3 is 10.5 Å². The number of hydrogen-bond donors (Lipinski definition) is 1. The van der Waals surface area contributed by atoms with Gasteiger partial charge in [0.1, 0.15) is 5.75 Å². The van der Waals surface area contributed by atoms with E-state index in [-0.39, 0.29) is 18.4 Å². The number of rotatable bonds is 11. The summed E-state index contributed by atoms with van der Waals surface area (Å²) in [6, 6.07) is 9.26. The molecule has 0 saturated carbocycles. The van der Waals surface area contributed by atoms with Gasteiger partial charge in [-0.1, -0.05) is 57.2 Å². The Morgan fingerprint density at radius 3 is 2.27 bits per heavy atom. The Labute approximate surface area is 141 Å². The molecule has 0 aliphatic carbocycles. The molecule has 0 bridgehead atoms. The number of unbranched alkanes of at least 4 members (excludes halogenated alkanes) is 5. The first-order chi connectivity index (χ1) is 10.2. The number of benzene rings is 1. The standard InChI is InChI=1S/C18H29NO2.ClH/c1-16(15-19)11-7-4-2-3-5-10-14-18(20)21-17-12-8-6-9-13-17;/h6,8-9,12-13,16H,2-5,7,10-11,14-15,19H2,1H3;1H. The van der Waals surface area contributed by atoms with Crippen LogP contribution in [0.5, 0.6) is 5.75 Å². The largest absolute Gasteiger partial charge is 0.427 e. The first kappa shape index (κ1) is 20.9. The van der Waals surface area contributed by atoms with Gasteiger partial charge in [0.15, 0.2) is 0 Å². The smallest absolute Gasteiger partial charge is 0.311 e. The predicted octanol–water partition coefficient (Wildman–Crippen LogP) is 4.73. The Hall–Kier alpha value is -1.06. The molecule has 3 nitrogen and oxygen atoms in total. The molecule has 22 heavy (non-hydrogen) atoms. The molecule has 0 heterocycles. The number of esters is 1. The molecule has 1 unspecified atom stereocenters. The molecule has 1 atom stereocenters. The normalized spacial score (nSPS) is 11.5. The molecule has 2 N–H and O–H groups in total. The van der Waals surface area contributed by atoms with Crippen molar-refractivity contribution in [3.05, 3.63) is 30.3 Å². The maximum Gasteiger partial charge on any atom is 0.311 e. The van der Waals surface area contributed by atoms with E-state index in [1.807, 2.05) is 18.2 Å². The molecular weight excluding hydrogens is 298 g/mol. The number of ether oxygens (including phenoxy) is 1. The quantitative estimate of drug-likeness (QED) is 0.363. The topological polar surface area (TPSA) is 52.3 Å². The first-order valence-corrected chi connectivity index (χ1v) is 8.18. The summed E-state index contributed by atoms with van der Waals surface area (Å²) in [6.45, 7) is 3.00. The van der Waals surface area contributed by atoms with Crippen molar-refractivity contribution in [3.8, 4) is 5.75 Å². The van der Waals surface area contributed by atoms with Crippen LogP contribution in [0, 0.1) is 5.92 Å². The zero-order valence-corrected chi connectivity index (χ0v) is 14.4. The van der Waals surface area contributed by atoms with E-state index in [0.717, 1.165) is 19.4 Å². The van der Waals surface area contributed by atoms with Crippen molar-refractivity contribution in [3.63, 3.8) is 0 Å². The van der Waals surface area contributed by atoms with Crippen LogP contribution < -0.4 is 10.5 Å². The highest BCUT2D eigenvalue weighted by molar-refractivity contribution is 5.85. The van der Waals surface area contributed by atoms with E-state index in [1.54, 1.807) is 12.1 Å². The number of halogens is 1. The fraction of sp³-hybridized carbons (Fsp3) is 0.611. The Bertz CT molecular complexity index is 384. The zero-order chi connectivity index (χ0) is 15.3. The summed E-state index contributed by atoms with van der Waals surface area (Å²) in [4.78, 5) is 11.6. The van der Waals surface area contributed by atoms with Crippen molar-refractivity contribution in [2.75, 3.05) is 6.54 Å². The molecule has 1 rings (SSSR count). The second-order valence-electron chi connectivity index (χ2n) is 5.79. The number of hydrogen-bond acceptors (Lipinski definition) is 3. The number of carbonyl (C=O) groups excluding carboxylic acids is 1. The maximum absolute atomic E-state index is 11.6. The molecule has 0 aliphatic rings. The lowest BCUT2D eigenvalue weighted by molar-refractivity contribution is -0.134. The fourth-order valence-electron chi connectivity index (χ4n) is 2.26. The van der Waals surface area contributed by atoms with Crippen LogP contribution in [0.4, 0.5) is 0 Å². The Morgan fingerprint density at radius 1 is 1.05 bits per heavy atom. The lowest BCUT2D eigenvalue weighted by Crippen LogP contribution is -2.10. The lowest BCUT2D eigenvalue weighted by Gasteiger charge is -2.07. The summed E-state index contributed by atoms with van der Waals surface area (Å²) < 4.78 is 5.25. The van der Waals surface area contributed by atoms with Crippen LogP contribution in [0.1, 0.15) is 58.3 Å². The van der Waals surface area contributed by atoms with Crippen LogP contribution in [0.3, 0.4) is 0 Å². The molecule has 1 aromatic carbocycles. The average molecular weight is 328 g/mol. The van der Waals surface area contributed by atoms with Crippen molar-refractivity contribution in [2.45, 2.75) is 58.3 Å². The average Bonchev–Trinajstić information content (AvgIpc) is 2.50. The molecule has 1 aromatic rings. The summed E-state index contributed by atoms with van der Waals surface area (Å²) in [5.74, 6) is 1.16. The van der Waals surface area contributed by atoms with Gasteiger partial charge in [-0.05, 0) is 37.4 Å². The number of carbonyl (C=O) groups is 1. The van der Waals surface area contributed by atoms with E-state index in [4.69, 9.17) is 10.5 Å². The molecule has 0 spiro atoms. The summed E-state index contributed by atoms with van der Waals surface area (Å²) in [7, 11) is 0. The third-order valence-electron chi connectivity index (χ3n) is 3.71. The van der Waals surface area contributed by atoms with Crippen molar-refractivity contribution in [1.29, 1.82) is 0 Å². The molecular formula is C18H30ClNO2. The Morgan fingerprint density at radius 2 is 1.64 bits per heavy atom. The van der Waals surface area contributed by atoms with E-state index in [1.165, 1.54) is 32.1 Å². The van der Waals surface area contributed by atoms with Gasteiger partial charge in [0, 0.05) is 6.42 Å². The first-order valence-electron chi connectivity index (χ1n) is 8.18. The van der Waals surface area contributed by atoms with Gasteiger partial charge in [-0.15, -0.1) is 12.4 Å². The monoisotopic (exact) mass is 327 g/mol. The molecule has 0 saturated heterocycles. The van der Waals surface area contributed by atoms with Gasteiger partial charge in [-0.25, -0.2) is 0 Å². The second-order valence-corrected chi connectivity index (χ2v) is 5.79. The van der Waals surface area contributed by atoms with Crippen LogP contribution in [-0.4, -0.2) is 12.5 Å². The highest BCUT2D eigenvalue weighted by Crippen LogP contribution is 2.13. The van der Waals surface area contributed by atoms with Crippen molar-refractivity contribution >= 4 is 18.4 Å². The molecule has 0 aliphatic heterocycles. The minimum Gasteiger partial charge on any atom is -0.427 e. The van der Waals surface area contributed by atoms with Crippen LogP contribution in [-0.2, 0) is 4.79 Å². The second kappa shape index (κ2) is 13.6. The van der Waals surface area contributed by atoms with Crippen LogP contribution >= 0.6 is 12.4 Å². The third kappa shape index (κ3) is 10.6.